The predicted molar refractivity (Wildman–Crippen MR) is 97.8 cm³/mol. The minimum atomic E-state index is -0.918. The standard InChI is InChI=1S/C16H19N3O4S2/c1-8(14(17)21)23-12(20)5-6-24-7-11-18-15(22)13-9-3-2-4-10(9)25-16(13)19-11/h8H,2-7H2,1H3,(H2,17,21)(H,18,19,22). The van der Waals surface area contributed by atoms with E-state index in [1.807, 2.05) is 0 Å². The molecule has 1 atom stereocenters. The molecule has 1 amide bonds. The molecule has 0 saturated carbocycles. The van der Waals surface area contributed by atoms with Crippen LogP contribution in [-0.2, 0) is 32.9 Å². The van der Waals surface area contributed by atoms with Gasteiger partial charge in [-0.1, -0.05) is 0 Å². The number of fused-ring (bicyclic) bond motifs is 3. The first kappa shape index (κ1) is 17.9. The number of H-pyrrole nitrogens is 1. The van der Waals surface area contributed by atoms with Gasteiger partial charge in [-0.05, 0) is 31.7 Å². The van der Waals surface area contributed by atoms with E-state index in [0.29, 0.717) is 17.3 Å². The molecular formula is C16H19N3O4S2. The smallest absolute Gasteiger partial charge is 0.307 e. The number of nitrogens with two attached hydrogens (primary N) is 1. The van der Waals surface area contributed by atoms with Crippen molar-refractivity contribution in [2.45, 2.75) is 44.5 Å². The van der Waals surface area contributed by atoms with Gasteiger partial charge in [0.2, 0.25) is 0 Å². The molecule has 0 aliphatic heterocycles. The Hall–Kier alpha value is -1.87. The van der Waals surface area contributed by atoms with Crippen LogP contribution >= 0.6 is 23.1 Å². The highest BCUT2D eigenvalue weighted by Crippen LogP contribution is 2.34. The van der Waals surface area contributed by atoms with E-state index in [1.54, 1.807) is 11.3 Å². The number of amides is 1. The topological polar surface area (TPSA) is 115 Å². The summed E-state index contributed by atoms with van der Waals surface area (Å²) in [6.07, 6.45) is 2.35. The first-order chi connectivity index (χ1) is 12.0. The van der Waals surface area contributed by atoms with Crippen molar-refractivity contribution in [1.82, 2.24) is 9.97 Å². The van der Waals surface area contributed by atoms with E-state index in [2.05, 4.69) is 9.97 Å². The molecule has 0 spiro atoms. The van der Waals surface area contributed by atoms with Gasteiger partial charge < -0.3 is 15.5 Å². The maximum atomic E-state index is 12.3. The minimum absolute atomic E-state index is 0.0744. The molecular weight excluding hydrogens is 362 g/mol. The van der Waals surface area contributed by atoms with Gasteiger partial charge in [0.25, 0.3) is 11.5 Å². The van der Waals surface area contributed by atoms with Gasteiger partial charge in [0.1, 0.15) is 10.7 Å². The number of aryl methyl sites for hydroxylation is 2. The Morgan fingerprint density at radius 3 is 3.00 bits per heavy atom. The summed E-state index contributed by atoms with van der Waals surface area (Å²) >= 11 is 3.08. The van der Waals surface area contributed by atoms with Crippen molar-refractivity contribution in [3.63, 3.8) is 0 Å². The highest BCUT2D eigenvalue weighted by atomic mass is 32.2. The summed E-state index contributed by atoms with van der Waals surface area (Å²) in [6, 6.07) is 0. The van der Waals surface area contributed by atoms with Crippen LogP contribution in [0.2, 0.25) is 0 Å². The fourth-order valence-corrected chi connectivity index (χ4v) is 4.82. The Kier molecular flexibility index (Phi) is 5.43. The Morgan fingerprint density at radius 1 is 1.44 bits per heavy atom. The van der Waals surface area contributed by atoms with Crippen molar-refractivity contribution in [2.75, 3.05) is 5.75 Å². The van der Waals surface area contributed by atoms with E-state index in [1.165, 1.54) is 29.1 Å². The van der Waals surface area contributed by atoms with Crippen LogP contribution in [-0.4, -0.2) is 33.7 Å². The normalized spacial score (nSPS) is 14.4. The van der Waals surface area contributed by atoms with Gasteiger partial charge in [-0.3, -0.25) is 14.4 Å². The molecule has 0 saturated heterocycles. The summed E-state index contributed by atoms with van der Waals surface area (Å²) in [7, 11) is 0. The first-order valence-corrected chi connectivity index (χ1v) is 10.0. The molecule has 2 aromatic heterocycles. The molecule has 2 aromatic rings. The second-order valence-electron chi connectivity index (χ2n) is 5.89. The molecule has 3 rings (SSSR count). The van der Waals surface area contributed by atoms with Crippen molar-refractivity contribution >= 4 is 45.2 Å². The molecule has 1 aliphatic rings. The van der Waals surface area contributed by atoms with Crippen LogP contribution in [0.1, 0.15) is 36.0 Å². The second kappa shape index (κ2) is 7.57. The third-order valence-corrected chi connectivity index (χ3v) is 6.18. The van der Waals surface area contributed by atoms with Crippen LogP contribution in [0.15, 0.2) is 4.79 Å². The fourth-order valence-electron chi connectivity index (χ4n) is 2.75. The number of rotatable bonds is 7. The molecule has 9 heteroatoms. The lowest BCUT2D eigenvalue weighted by Crippen LogP contribution is -2.30. The van der Waals surface area contributed by atoms with Gasteiger partial charge in [-0.2, -0.15) is 11.8 Å². The molecule has 2 heterocycles. The number of aromatic nitrogens is 2. The van der Waals surface area contributed by atoms with Crippen LogP contribution in [0, 0.1) is 0 Å². The number of nitrogens with zero attached hydrogens (tertiary/aromatic N) is 1. The van der Waals surface area contributed by atoms with Gasteiger partial charge >= 0.3 is 5.97 Å². The van der Waals surface area contributed by atoms with Crippen molar-refractivity contribution in [3.05, 3.63) is 26.6 Å². The summed E-state index contributed by atoms with van der Waals surface area (Å²) in [5.74, 6) is 0.491. The maximum absolute atomic E-state index is 12.3. The molecule has 0 radical (unpaired) electrons. The minimum Gasteiger partial charge on any atom is -0.453 e. The van der Waals surface area contributed by atoms with Gasteiger partial charge in [0.15, 0.2) is 6.10 Å². The summed E-state index contributed by atoms with van der Waals surface area (Å²) in [6.45, 7) is 1.44. The van der Waals surface area contributed by atoms with Gasteiger partial charge in [-0.15, -0.1) is 11.3 Å². The molecule has 0 aromatic carbocycles. The number of nitrogens with one attached hydrogen (secondary N) is 1. The number of aromatic amines is 1. The summed E-state index contributed by atoms with van der Waals surface area (Å²) in [4.78, 5) is 44.2. The Balaban J connectivity index is 1.55. The van der Waals surface area contributed by atoms with E-state index in [-0.39, 0.29) is 12.0 Å². The largest absolute Gasteiger partial charge is 0.453 e. The van der Waals surface area contributed by atoms with Crippen LogP contribution in [0.4, 0.5) is 0 Å². The number of thiophene rings is 1. The van der Waals surface area contributed by atoms with Crippen LogP contribution in [0.5, 0.6) is 0 Å². The van der Waals surface area contributed by atoms with E-state index in [0.717, 1.165) is 29.5 Å². The lowest BCUT2D eigenvalue weighted by molar-refractivity contribution is -0.153. The highest BCUT2D eigenvalue weighted by Gasteiger charge is 2.21. The van der Waals surface area contributed by atoms with E-state index in [9.17, 15) is 14.4 Å². The summed E-state index contributed by atoms with van der Waals surface area (Å²) < 4.78 is 4.88. The third-order valence-electron chi connectivity index (χ3n) is 4.02. The van der Waals surface area contributed by atoms with Crippen molar-refractivity contribution < 1.29 is 14.3 Å². The number of carbonyl (C=O) groups is 2. The number of hydrogen-bond acceptors (Lipinski definition) is 7. The fraction of sp³-hybridized carbons (Fsp3) is 0.500. The van der Waals surface area contributed by atoms with E-state index >= 15 is 0 Å². The molecule has 0 bridgehead atoms. The zero-order valence-corrected chi connectivity index (χ0v) is 15.4. The van der Waals surface area contributed by atoms with Crippen molar-refractivity contribution in [3.8, 4) is 0 Å². The zero-order valence-electron chi connectivity index (χ0n) is 13.8. The molecule has 0 fully saturated rings. The average Bonchev–Trinajstić information content (AvgIpc) is 3.11. The number of ether oxygens (including phenoxy) is 1. The molecule has 1 unspecified atom stereocenters. The number of thioether (sulfide) groups is 1. The van der Waals surface area contributed by atoms with Gasteiger partial charge in [0, 0.05) is 10.6 Å². The second-order valence-corrected chi connectivity index (χ2v) is 8.08. The lowest BCUT2D eigenvalue weighted by Gasteiger charge is -2.09. The quantitative estimate of drug-likeness (QED) is 0.555. The first-order valence-electron chi connectivity index (χ1n) is 8.05. The van der Waals surface area contributed by atoms with Gasteiger partial charge in [0.05, 0.1) is 17.6 Å². The zero-order chi connectivity index (χ0) is 18.0. The Bertz CT molecular complexity index is 874. The Morgan fingerprint density at radius 2 is 2.24 bits per heavy atom. The monoisotopic (exact) mass is 381 g/mol. The van der Waals surface area contributed by atoms with Crippen LogP contribution in [0.25, 0.3) is 10.2 Å². The molecule has 25 heavy (non-hydrogen) atoms. The number of primary amides is 1. The molecule has 7 nitrogen and oxygen atoms in total. The van der Waals surface area contributed by atoms with E-state index in [4.69, 9.17) is 10.5 Å². The van der Waals surface area contributed by atoms with E-state index < -0.39 is 18.0 Å². The number of esters is 1. The van der Waals surface area contributed by atoms with Gasteiger partial charge in [-0.25, -0.2) is 4.98 Å². The SMILES string of the molecule is CC(OC(=O)CCSCc1nc2sc3c(c2c(=O)[nH]1)CCC3)C(N)=O. The lowest BCUT2D eigenvalue weighted by atomic mass is 10.2. The highest BCUT2D eigenvalue weighted by molar-refractivity contribution is 7.98. The third kappa shape index (κ3) is 4.04. The molecule has 1 aliphatic carbocycles. The molecule has 134 valence electrons. The van der Waals surface area contributed by atoms with Crippen LogP contribution in [0.3, 0.4) is 0 Å². The van der Waals surface area contributed by atoms with Crippen molar-refractivity contribution in [2.24, 2.45) is 5.73 Å². The van der Waals surface area contributed by atoms with Crippen molar-refractivity contribution in [1.29, 1.82) is 0 Å². The number of hydrogen-bond donors (Lipinski definition) is 2. The predicted octanol–water partition coefficient (Wildman–Crippen LogP) is 1.51. The molecule has 3 N–H and O–H groups in total. The summed E-state index contributed by atoms with van der Waals surface area (Å²) in [5, 5.41) is 0.746. The van der Waals surface area contributed by atoms with Crippen LogP contribution < -0.4 is 11.3 Å². The number of carbonyl (C=O) groups excluding carboxylic acids is 2. The summed E-state index contributed by atoms with van der Waals surface area (Å²) in [5.41, 5.74) is 6.13. The maximum Gasteiger partial charge on any atom is 0.307 e. The Labute approximate surface area is 152 Å². The average molecular weight is 381 g/mol.